The van der Waals surface area contributed by atoms with Gasteiger partial charge < -0.3 is 9.64 Å². The van der Waals surface area contributed by atoms with Crippen LogP contribution in [0.1, 0.15) is 21.9 Å². The van der Waals surface area contributed by atoms with E-state index in [1.54, 1.807) is 17.0 Å². The second-order valence-corrected chi connectivity index (χ2v) is 12.6. The highest BCUT2D eigenvalue weighted by molar-refractivity contribution is 9.10. The standard InChI is InChI=1S/C27H24BrN3O5S2/c1-15-2-8-18(9-3-15)31-24(33)21-20(16-4-6-17(28)7-5-16)23-26(37-22(21)25(31)34)30(27(35)38-23)14-19(32)29-10-12-36-13-11-29/h2-9,20-22H,10-14H2,1H3/t20-,21?,22?/m1/s1. The molecule has 38 heavy (non-hydrogen) atoms. The number of amides is 3. The normalized spacial score (nSPS) is 22.9. The van der Waals surface area contributed by atoms with E-state index < -0.39 is 17.1 Å². The minimum absolute atomic E-state index is 0.105. The number of ether oxygens (including phenoxy) is 1. The SMILES string of the molecule is Cc1ccc(N2C(=O)C3Sc4c(sc(=O)n4CC(=O)N4CCOCC4)[C@H](c4ccc(Br)cc4)C3C2=O)cc1. The summed E-state index contributed by atoms with van der Waals surface area (Å²) in [6.45, 7) is 3.75. The molecule has 11 heteroatoms. The molecule has 0 bridgehead atoms. The monoisotopic (exact) mass is 613 g/mol. The molecule has 0 aliphatic carbocycles. The van der Waals surface area contributed by atoms with Crippen LogP contribution >= 0.6 is 39.0 Å². The Labute approximate surface area is 235 Å². The summed E-state index contributed by atoms with van der Waals surface area (Å²) in [6, 6.07) is 15.0. The Bertz CT molecular complexity index is 1480. The maximum Gasteiger partial charge on any atom is 0.308 e. The molecule has 0 spiro atoms. The number of hydrogen-bond acceptors (Lipinski definition) is 7. The van der Waals surface area contributed by atoms with Gasteiger partial charge in [-0.15, -0.1) is 0 Å². The van der Waals surface area contributed by atoms with Crippen LogP contribution in [0.15, 0.2) is 62.8 Å². The molecule has 6 rings (SSSR count). The number of morpholine rings is 1. The number of aryl methyl sites for hydroxylation is 1. The van der Waals surface area contributed by atoms with Gasteiger partial charge in [-0.2, -0.15) is 0 Å². The fourth-order valence-corrected chi connectivity index (χ4v) is 8.32. The molecular formula is C27H24BrN3O5S2. The molecule has 0 N–H and O–H groups in total. The van der Waals surface area contributed by atoms with Crippen LogP contribution in [-0.2, 0) is 25.7 Å². The van der Waals surface area contributed by atoms with Crippen molar-refractivity contribution in [1.82, 2.24) is 9.47 Å². The Morgan fingerprint density at radius 3 is 2.37 bits per heavy atom. The number of nitrogens with zero attached hydrogens (tertiary/aromatic N) is 3. The number of carbonyl (C=O) groups is 3. The third-order valence-corrected chi connectivity index (χ3v) is 10.4. The first kappa shape index (κ1) is 25.5. The fraction of sp³-hybridized carbons (Fsp3) is 0.333. The number of imide groups is 1. The number of hydrogen-bond donors (Lipinski definition) is 0. The maximum atomic E-state index is 13.9. The van der Waals surface area contributed by atoms with Gasteiger partial charge in [-0.25, -0.2) is 4.90 Å². The lowest BCUT2D eigenvalue weighted by Crippen LogP contribution is -2.43. The number of fused-ring (bicyclic) bond motifs is 2. The summed E-state index contributed by atoms with van der Waals surface area (Å²) >= 11 is 5.77. The molecule has 3 aliphatic rings. The van der Waals surface area contributed by atoms with E-state index in [4.69, 9.17) is 4.74 Å². The van der Waals surface area contributed by atoms with Crippen LogP contribution in [0.3, 0.4) is 0 Å². The Morgan fingerprint density at radius 2 is 1.68 bits per heavy atom. The summed E-state index contributed by atoms with van der Waals surface area (Å²) in [5, 5.41) is -0.105. The van der Waals surface area contributed by atoms with E-state index >= 15 is 0 Å². The van der Waals surface area contributed by atoms with E-state index in [0.717, 1.165) is 31.8 Å². The first-order chi connectivity index (χ1) is 18.3. The smallest absolute Gasteiger partial charge is 0.308 e. The summed E-state index contributed by atoms with van der Waals surface area (Å²) in [7, 11) is 0. The molecule has 3 aromatic rings. The van der Waals surface area contributed by atoms with E-state index in [1.807, 2.05) is 43.3 Å². The van der Waals surface area contributed by atoms with Crippen LogP contribution in [0.2, 0.25) is 0 Å². The second kappa shape index (κ2) is 10.1. The summed E-state index contributed by atoms with van der Waals surface area (Å²) in [5.41, 5.74) is 2.42. The maximum absolute atomic E-state index is 13.9. The molecule has 1 aromatic heterocycles. The first-order valence-corrected chi connectivity index (χ1v) is 14.8. The zero-order valence-corrected chi connectivity index (χ0v) is 23.7. The minimum Gasteiger partial charge on any atom is -0.378 e. The van der Waals surface area contributed by atoms with E-state index in [2.05, 4.69) is 15.9 Å². The molecule has 2 aromatic carbocycles. The lowest BCUT2D eigenvalue weighted by atomic mass is 9.83. The lowest BCUT2D eigenvalue weighted by Gasteiger charge is -2.31. The van der Waals surface area contributed by atoms with Crippen molar-refractivity contribution in [1.29, 1.82) is 0 Å². The van der Waals surface area contributed by atoms with Crippen molar-refractivity contribution in [2.45, 2.75) is 29.7 Å². The van der Waals surface area contributed by atoms with Crippen molar-refractivity contribution in [2.24, 2.45) is 5.92 Å². The van der Waals surface area contributed by atoms with Crippen LogP contribution in [0, 0.1) is 12.8 Å². The molecule has 2 fully saturated rings. The van der Waals surface area contributed by atoms with Gasteiger partial charge in [0.1, 0.15) is 11.8 Å². The van der Waals surface area contributed by atoms with Crippen molar-refractivity contribution >= 4 is 62.4 Å². The molecule has 8 nitrogen and oxygen atoms in total. The van der Waals surface area contributed by atoms with Crippen molar-refractivity contribution in [3.8, 4) is 0 Å². The summed E-state index contributed by atoms with van der Waals surface area (Å²) in [6.07, 6.45) is 0. The highest BCUT2D eigenvalue weighted by Crippen LogP contribution is 2.53. The Hall–Kier alpha value is -2.73. The predicted octanol–water partition coefficient (Wildman–Crippen LogP) is 3.64. The zero-order chi connectivity index (χ0) is 26.6. The highest BCUT2D eigenvalue weighted by atomic mass is 79.9. The molecule has 4 heterocycles. The molecule has 3 amide bonds. The van der Waals surface area contributed by atoms with Crippen molar-refractivity contribution < 1.29 is 19.1 Å². The minimum atomic E-state index is -0.705. The molecule has 3 atom stereocenters. The zero-order valence-electron chi connectivity index (χ0n) is 20.5. The van der Waals surface area contributed by atoms with Crippen molar-refractivity contribution in [3.05, 3.63) is 78.7 Å². The third kappa shape index (κ3) is 4.35. The molecule has 2 unspecified atom stereocenters. The van der Waals surface area contributed by atoms with Crippen LogP contribution < -0.4 is 9.77 Å². The fourth-order valence-electron chi connectivity index (χ4n) is 5.28. The van der Waals surface area contributed by atoms with Gasteiger partial charge in [0.15, 0.2) is 0 Å². The topological polar surface area (TPSA) is 88.9 Å². The van der Waals surface area contributed by atoms with Crippen LogP contribution in [0.5, 0.6) is 0 Å². The van der Waals surface area contributed by atoms with Crippen molar-refractivity contribution in [3.63, 3.8) is 0 Å². The van der Waals surface area contributed by atoms with Gasteiger partial charge in [-0.3, -0.25) is 23.7 Å². The summed E-state index contributed by atoms with van der Waals surface area (Å²) < 4.78 is 7.72. The molecule has 3 aliphatic heterocycles. The van der Waals surface area contributed by atoms with Gasteiger partial charge in [0, 0.05) is 28.4 Å². The number of carbonyl (C=O) groups excluding carboxylic acids is 3. The van der Waals surface area contributed by atoms with E-state index in [9.17, 15) is 19.2 Å². The average Bonchev–Trinajstić information content (AvgIpc) is 3.36. The summed E-state index contributed by atoms with van der Waals surface area (Å²) in [5.74, 6) is -1.87. The molecule has 0 saturated carbocycles. The quantitative estimate of drug-likeness (QED) is 0.418. The number of thiazole rings is 1. The molecule has 196 valence electrons. The molecule has 0 radical (unpaired) electrons. The lowest BCUT2D eigenvalue weighted by molar-refractivity contribution is -0.136. The largest absolute Gasteiger partial charge is 0.378 e. The Balaban J connectivity index is 1.43. The second-order valence-electron chi connectivity index (χ2n) is 9.56. The number of halogens is 1. The number of rotatable bonds is 4. The van der Waals surface area contributed by atoms with Crippen LogP contribution in [0.25, 0.3) is 0 Å². The molecule has 2 saturated heterocycles. The van der Waals surface area contributed by atoms with Gasteiger partial charge in [-0.1, -0.05) is 68.9 Å². The Morgan fingerprint density at radius 1 is 1.00 bits per heavy atom. The van der Waals surface area contributed by atoms with E-state index in [0.29, 0.717) is 37.0 Å². The van der Waals surface area contributed by atoms with Crippen LogP contribution in [-0.4, -0.2) is 58.7 Å². The first-order valence-electron chi connectivity index (χ1n) is 12.3. The predicted molar refractivity (Wildman–Crippen MR) is 149 cm³/mol. The van der Waals surface area contributed by atoms with Crippen molar-refractivity contribution in [2.75, 3.05) is 31.2 Å². The van der Waals surface area contributed by atoms with Gasteiger partial charge in [0.2, 0.25) is 17.7 Å². The highest BCUT2D eigenvalue weighted by Gasteiger charge is 2.56. The Kier molecular flexibility index (Phi) is 6.79. The third-order valence-electron chi connectivity index (χ3n) is 7.23. The van der Waals surface area contributed by atoms with Gasteiger partial charge in [0.05, 0.1) is 29.8 Å². The number of aromatic nitrogens is 1. The van der Waals surface area contributed by atoms with Gasteiger partial charge >= 0.3 is 4.87 Å². The van der Waals surface area contributed by atoms with E-state index in [1.165, 1.54) is 21.2 Å². The molecular weight excluding hydrogens is 590 g/mol. The van der Waals surface area contributed by atoms with E-state index in [-0.39, 0.29) is 29.1 Å². The van der Waals surface area contributed by atoms with Gasteiger partial charge in [-0.05, 0) is 36.8 Å². The number of anilines is 1. The average molecular weight is 615 g/mol. The summed E-state index contributed by atoms with van der Waals surface area (Å²) in [4.78, 5) is 57.4. The number of thioether (sulfide) groups is 1. The van der Waals surface area contributed by atoms with Crippen LogP contribution in [0.4, 0.5) is 5.69 Å². The van der Waals surface area contributed by atoms with Gasteiger partial charge in [0.25, 0.3) is 0 Å². The number of benzene rings is 2.